The molecule has 0 heterocycles. The van der Waals surface area contributed by atoms with Crippen LogP contribution in [0.4, 0.5) is 51.7 Å². The second-order valence-corrected chi connectivity index (χ2v) is 14.3. The quantitative estimate of drug-likeness (QED) is 0.102. The van der Waals surface area contributed by atoms with E-state index in [4.69, 9.17) is 9.47 Å². The minimum atomic E-state index is -0.986. The molecule has 10 aromatic carbocycles. The fourth-order valence-electron chi connectivity index (χ4n) is 7.89. The Morgan fingerprint density at radius 2 is 0.683 bits per heavy atom. The zero-order chi connectivity index (χ0) is 40.7. The van der Waals surface area contributed by atoms with E-state index in [-0.39, 0.29) is 11.5 Å². The van der Waals surface area contributed by atoms with E-state index in [0.717, 1.165) is 90.7 Å². The number of hydrogen-bond acceptors (Lipinski definition) is 4. The lowest BCUT2D eigenvalue weighted by molar-refractivity contribution is 0.461. The van der Waals surface area contributed by atoms with Crippen LogP contribution in [-0.2, 0) is 0 Å². The molecule has 60 heavy (non-hydrogen) atoms. The maximum absolute atomic E-state index is 14.1. The van der Waals surface area contributed by atoms with Crippen molar-refractivity contribution in [2.24, 2.45) is 0 Å². The number of halogens is 4. The highest BCUT2D eigenvalue weighted by atomic mass is 19.2. The summed E-state index contributed by atoms with van der Waals surface area (Å²) in [5.74, 6) is -2.57. The molecule has 0 saturated heterocycles. The molecule has 0 aromatic heterocycles. The smallest absolute Gasteiger partial charge is 0.162 e. The number of ether oxygens (including phenoxy) is 2. The molecule has 0 aliphatic carbocycles. The van der Waals surface area contributed by atoms with Gasteiger partial charge in [0, 0.05) is 57.8 Å². The van der Waals surface area contributed by atoms with Crippen LogP contribution in [-0.4, -0.2) is 0 Å². The van der Waals surface area contributed by atoms with E-state index >= 15 is 0 Å². The second kappa shape index (κ2) is 15.2. The first-order valence-corrected chi connectivity index (χ1v) is 19.2. The van der Waals surface area contributed by atoms with Crippen molar-refractivity contribution in [2.75, 3.05) is 9.80 Å². The minimum absolute atomic E-state index is 0.183. The summed E-state index contributed by atoms with van der Waals surface area (Å²) < 4.78 is 67.7. The summed E-state index contributed by atoms with van der Waals surface area (Å²) in [7, 11) is 0. The topological polar surface area (TPSA) is 24.9 Å². The average molecular weight is 793 g/mol. The molecule has 0 spiro atoms. The standard InChI is InChI=1S/C52H32F4N2O2/c53-45-25-21-41(31-47(45)55)59-39-15-7-13-37(29-39)57(35-9-3-1-4-10-35)49-27-19-33-18-24-44-50(28-20-34-17-23-43(49)51(33)52(34)44)58(36-11-5-2-6-12-36)38-14-8-16-40(30-38)60-42-22-26-46(54)48(56)32-42/h1-32H. The molecule has 0 amide bonds. The summed E-state index contributed by atoms with van der Waals surface area (Å²) in [6.07, 6.45) is 0. The van der Waals surface area contributed by atoms with Gasteiger partial charge >= 0.3 is 0 Å². The molecule has 0 saturated carbocycles. The van der Waals surface area contributed by atoms with Crippen molar-refractivity contribution < 1.29 is 27.0 Å². The van der Waals surface area contributed by atoms with E-state index in [1.54, 1.807) is 12.1 Å². The van der Waals surface area contributed by atoms with Crippen molar-refractivity contribution in [3.8, 4) is 23.0 Å². The van der Waals surface area contributed by atoms with E-state index in [9.17, 15) is 17.6 Å². The SMILES string of the molecule is Fc1ccc(Oc2cccc(N(c3ccccc3)c3ccc4ccc5c(N(c6ccccc6)c6cccc(Oc7ccc(F)c(F)c7)c6)ccc6ccc3c4c65)c2)cc1F. The second-order valence-electron chi connectivity index (χ2n) is 14.3. The highest BCUT2D eigenvalue weighted by Crippen LogP contribution is 2.48. The maximum Gasteiger partial charge on any atom is 0.162 e. The highest BCUT2D eigenvalue weighted by Gasteiger charge is 2.22. The molecule has 10 rings (SSSR count). The summed E-state index contributed by atoms with van der Waals surface area (Å²) in [6, 6.07) is 59.2. The zero-order valence-electron chi connectivity index (χ0n) is 31.7. The zero-order valence-corrected chi connectivity index (χ0v) is 31.7. The first kappa shape index (κ1) is 36.5. The Labute approximate surface area is 342 Å². The van der Waals surface area contributed by atoms with Crippen molar-refractivity contribution in [3.05, 3.63) is 217 Å². The van der Waals surface area contributed by atoms with Gasteiger partial charge in [-0.15, -0.1) is 0 Å². The lowest BCUT2D eigenvalue weighted by Crippen LogP contribution is -2.11. The van der Waals surface area contributed by atoms with E-state index in [1.165, 1.54) is 12.1 Å². The Morgan fingerprint density at radius 1 is 0.300 bits per heavy atom. The molecule has 0 aliphatic rings. The van der Waals surface area contributed by atoms with Crippen LogP contribution < -0.4 is 19.3 Å². The summed E-state index contributed by atoms with van der Waals surface area (Å²) in [5, 5.41) is 6.35. The molecule has 0 aliphatic heterocycles. The Morgan fingerprint density at radius 3 is 1.10 bits per heavy atom. The number of hydrogen-bond donors (Lipinski definition) is 0. The van der Waals surface area contributed by atoms with Gasteiger partial charge in [-0.3, -0.25) is 0 Å². The molecular formula is C52H32F4N2O2. The van der Waals surface area contributed by atoms with Crippen LogP contribution in [0.3, 0.4) is 0 Å². The first-order chi connectivity index (χ1) is 29.4. The van der Waals surface area contributed by atoms with Gasteiger partial charge in [0.05, 0.1) is 11.4 Å². The highest BCUT2D eigenvalue weighted by molar-refractivity contribution is 6.28. The van der Waals surface area contributed by atoms with E-state index in [2.05, 4.69) is 58.3 Å². The summed E-state index contributed by atoms with van der Waals surface area (Å²) in [4.78, 5) is 4.33. The third-order valence-corrected chi connectivity index (χ3v) is 10.5. The van der Waals surface area contributed by atoms with Gasteiger partial charge in [-0.05, 0) is 106 Å². The van der Waals surface area contributed by atoms with Crippen LogP contribution in [0.25, 0.3) is 32.3 Å². The predicted molar refractivity (Wildman–Crippen MR) is 232 cm³/mol. The summed E-state index contributed by atoms with van der Waals surface area (Å²) in [5.41, 5.74) is 5.30. The maximum atomic E-state index is 14.1. The van der Waals surface area contributed by atoms with Crippen molar-refractivity contribution in [1.82, 2.24) is 0 Å². The average Bonchev–Trinajstić information content (AvgIpc) is 3.27. The Hall–Kier alpha value is -7.84. The van der Waals surface area contributed by atoms with Crippen LogP contribution >= 0.6 is 0 Å². The van der Waals surface area contributed by atoms with Crippen LogP contribution in [0, 0.1) is 23.3 Å². The Bertz CT molecular complexity index is 2960. The van der Waals surface area contributed by atoms with Gasteiger partial charge in [0.25, 0.3) is 0 Å². The van der Waals surface area contributed by atoms with E-state index < -0.39 is 23.3 Å². The molecule has 0 bridgehead atoms. The summed E-state index contributed by atoms with van der Waals surface area (Å²) in [6.45, 7) is 0. The number of para-hydroxylation sites is 2. The number of nitrogens with zero attached hydrogens (tertiary/aromatic N) is 2. The predicted octanol–water partition coefficient (Wildman–Crippen LogP) is 15.7. The third-order valence-electron chi connectivity index (χ3n) is 10.5. The first-order valence-electron chi connectivity index (χ1n) is 19.2. The molecule has 0 unspecified atom stereocenters. The largest absolute Gasteiger partial charge is 0.457 e. The minimum Gasteiger partial charge on any atom is -0.457 e. The van der Waals surface area contributed by atoms with Crippen LogP contribution in [0.5, 0.6) is 23.0 Å². The van der Waals surface area contributed by atoms with Crippen molar-refractivity contribution in [3.63, 3.8) is 0 Å². The monoisotopic (exact) mass is 792 g/mol. The fourth-order valence-corrected chi connectivity index (χ4v) is 7.89. The van der Waals surface area contributed by atoms with E-state index in [0.29, 0.717) is 11.5 Å². The molecule has 0 fully saturated rings. The molecule has 0 radical (unpaired) electrons. The lowest BCUT2D eigenvalue weighted by Gasteiger charge is -2.29. The molecule has 4 nitrogen and oxygen atoms in total. The van der Waals surface area contributed by atoms with Crippen LogP contribution in [0.2, 0.25) is 0 Å². The number of benzene rings is 10. The molecule has 290 valence electrons. The Kier molecular flexibility index (Phi) is 9.22. The van der Waals surface area contributed by atoms with Crippen molar-refractivity contribution in [1.29, 1.82) is 0 Å². The molecule has 0 N–H and O–H groups in total. The Balaban J connectivity index is 1.12. The van der Waals surface area contributed by atoms with Gasteiger partial charge in [-0.2, -0.15) is 0 Å². The molecule has 10 aromatic rings. The van der Waals surface area contributed by atoms with E-state index in [1.807, 2.05) is 97.1 Å². The molecular weight excluding hydrogens is 761 g/mol. The van der Waals surface area contributed by atoms with Crippen molar-refractivity contribution >= 4 is 66.4 Å². The molecule has 0 atom stereocenters. The summed E-state index contributed by atoms with van der Waals surface area (Å²) >= 11 is 0. The van der Waals surface area contributed by atoms with Crippen molar-refractivity contribution in [2.45, 2.75) is 0 Å². The normalized spacial score (nSPS) is 11.3. The lowest BCUT2D eigenvalue weighted by atomic mass is 9.91. The van der Waals surface area contributed by atoms with Crippen LogP contribution in [0.1, 0.15) is 0 Å². The van der Waals surface area contributed by atoms with Gasteiger partial charge in [0.1, 0.15) is 23.0 Å². The number of rotatable bonds is 10. The van der Waals surface area contributed by atoms with Crippen LogP contribution in [0.15, 0.2) is 194 Å². The number of anilines is 6. The van der Waals surface area contributed by atoms with Gasteiger partial charge in [-0.25, -0.2) is 17.6 Å². The third kappa shape index (κ3) is 6.73. The molecule has 8 heteroatoms. The van der Waals surface area contributed by atoms with Gasteiger partial charge < -0.3 is 19.3 Å². The fraction of sp³-hybridized carbons (Fsp3) is 0. The van der Waals surface area contributed by atoms with Gasteiger partial charge in [0.2, 0.25) is 0 Å². The van der Waals surface area contributed by atoms with Gasteiger partial charge in [0.15, 0.2) is 23.3 Å². The van der Waals surface area contributed by atoms with Gasteiger partial charge in [-0.1, -0.05) is 84.9 Å².